The Kier molecular flexibility index (Phi) is 6.39. The second-order valence-corrected chi connectivity index (χ2v) is 6.47. The monoisotopic (exact) mass is 343 g/mol. The zero-order chi connectivity index (χ0) is 17.0. The van der Waals surface area contributed by atoms with E-state index in [4.69, 9.17) is 15.9 Å². The average molecular weight is 344 g/mol. The Balaban J connectivity index is 0.00000288. The van der Waals surface area contributed by atoms with Crippen LogP contribution in [0, 0.1) is 16.7 Å². The molecule has 0 heterocycles. The number of halogens is 1. The molecule has 0 radical (unpaired) electrons. The van der Waals surface area contributed by atoms with Crippen molar-refractivity contribution in [1.82, 2.24) is 0 Å². The summed E-state index contributed by atoms with van der Waals surface area (Å²) in [5.74, 6) is 0.434. The molecule has 0 saturated heterocycles. The van der Waals surface area contributed by atoms with Crippen LogP contribution in [0.15, 0.2) is 42.5 Å². The van der Waals surface area contributed by atoms with Crippen molar-refractivity contribution >= 4 is 18.2 Å². The standard InChI is InChI=1S/C19H21N3O.ClH/c1-19(2,3)16-7-4-13(5-8-16)12-23-17-9-6-14(18(21)22)10-15(17)11-20;/h4-10H,12H2,1-3H3,(H3,21,22);1H. The number of nitriles is 1. The molecule has 2 rings (SSSR count). The number of benzene rings is 2. The minimum Gasteiger partial charge on any atom is -0.488 e. The van der Waals surface area contributed by atoms with Crippen LogP contribution >= 0.6 is 12.4 Å². The number of nitrogen functional groups attached to an aromatic ring is 1. The summed E-state index contributed by atoms with van der Waals surface area (Å²) in [5, 5.41) is 16.6. The van der Waals surface area contributed by atoms with Gasteiger partial charge in [-0.1, -0.05) is 45.0 Å². The van der Waals surface area contributed by atoms with Crippen molar-refractivity contribution in [2.24, 2.45) is 5.73 Å². The maximum Gasteiger partial charge on any atom is 0.137 e. The Labute approximate surface area is 149 Å². The molecule has 0 bridgehead atoms. The van der Waals surface area contributed by atoms with Crippen LogP contribution in [0.5, 0.6) is 5.75 Å². The number of nitrogens with one attached hydrogen (secondary N) is 1. The predicted octanol–water partition coefficient (Wildman–Crippen LogP) is 4.14. The van der Waals surface area contributed by atoms with Crippen molar-refractivity contribution in [1.29, 1.82) is 10.7 Å². The van der Waals surface area contributed by atoms with Crippen molar-refractivity contribution in [3.05, 3.63) is 64.7 Å². The Morgan fingerprint density at radius 3 is 2.29 bits per heavy atom. The van der Waals surface area contributed by atoms with Gasteiger partial charge in [0.2, 0.25) is 0 Å². The van der Waals surface area contributed by atoms with Gasteiger partial charge in [-0.3, -0.25) is 5.41 Å². The van der Waals surface area contributed by atoms with Gasteiger partial charge in [0, 0.05) is 5.56 Å². The molecule has 0 aromatic heterocycles. The lowest BCUT2D eigenvalue weighted by molar-refractivity contribution is 0.305. The molecule has 24 heavy (non-hydrogen) atoms. The largest absolute Gasteiger partial charge is 0.488 e. The third-order valence-corrected chi connectivity index (χ3v) is 3.63. The van der Waals surface area contributed by atoms with Gasteiger partial charge in [-0.15, -0.1) is 12.4 Å². The molecule has 0 atom stereocenters. The topological polar surface area (TPSA) is 82.9 Å². The summed E-state index contributed by atoms with van der Waals surface area (Å²) in [5.41, 5.74) is 8.76. The molecule has 0 saturated carbocycles. The van der Waals surface area contributed by atoms with E-state index in [0.29, 0.717) is 23.5 Å². The van der Waals surface area contributed by atoms with E-state index in [9.17, 15) is 5.26 Å². The Morgan fingerprint density at radius 1 is 1.17 bits per heavy atom. The zero-order valence-corrected chi connectivity index (χ0v) is 14.9. The Bertz CT molecular complexity index is 756. The van der Waals surface area contributed by atoms with Crippen molar-refractivity contribution in [2.75, 3.05) is 0 Å². The third-order valence-electron chi connectivity index (χ3n) is 3.63. The van der Waals surface area contributed by atoms with Gasteiger partial charge in [0.15, 0.2) is 0 Å². The minimum absolute atomic E-state index is 0. The van der Waals surface area contributed by atoms with Crippen molar-refractivity contribution in [2.45, 2.75) is 32.8 Å². The molecule has 4 nitrogen and oxygen atoms in total. The third kappa shape index (κ3) is 4.74. The van der Waals surface area contributed by atoms with Gasteiger partial charge >= 0.3 is 0 Å². The average Bonchev–Trinajstić information content (AvgIpc) is 2.52. The zero-order valence-electron chi connectivity index (χ0n) is 14.1. The highest BCUT2D eigenvalue weighted by Crippen LogP contribution is 2.24. The fourth-order valence-corrected chi connectivity index (χ4v) is 2.17. The summed E-state index contributed by atoms with van der Waals surface area (Å²) < 4.78 is 5.74. The SMILES string of the molecule is CC(C)(C)c1ccc(COc2ccc(C(=N)N)cc2C#N)cc1.Cl. The lowest BCUT2D eigenvalue weighted by atomic mass is 9.87. The van der Waals surface area contributed by atoms with E-state index in [1.807, 2.05) is 12.1 Å². The number of nitrogens with zero attached hydrogens (tertiary/aromatic N) is 1. The van der Waals surface area contributed by atoms with E-state index in [1.165, 1.54) is 5.56 Å². The van der Waals surface area contributed by atoms with Gasteiger partial charge in [-0.05, 0) is 34.7 Å². The lowest BCUT2D eigenvalue weighted by Gasteiger charge is -2.19. The van der Waals surface area contributed by atoms with Gasteiger partial charge in [0.25, 0.3) is 0 Å². The van der Waals surface area contributed by atoms with E-state index >= 15 is 0 Å². The normalized spacial score (nSPS) is 10.4. The van der Waals surface area contributed by atoms with E-state index in [2.05, 4.69) is 39.0 Å². The molecule has 2 aromatic carbocycles. The van der Waals surface area contributed by atoms with Crippen LogP contribution in [0.25, 0.3) is 0 Å². The van der Waals surface area contributed by atoms with Gasteiger partial charge in [0.1, 0.15) is 24.3 Å². The molecule has 126 valence electrons. The first-order valence-corrected chi connectivity index (χ1v) is 7.42. The highest BCUT2D eigenvalue weighted by molar-refractivity contribution is 5.95. The lowest BCUT2D eigenvalue weighted by Crippen LogP contribution is -2.11. The van der Waals surface area contributed by atoms with Gasteiger partial charge in [-0.2, -0.15) is 5.26 Å². The molecular weight excluding hydrogens is 322 g/mol. The van der Waals surface area contributed by atoms with Gasteiger partial charge in [0.05, 0.1) is 5.56 Å². The fraction of sp³-hybridized carbons (Fsp3) is 0.263. The van der Waals surface area contributed by atoms with Crippen LogP contribution in [0.4, 0.5) is 0 Å². The molecule has 0 unspecified atom stereocenters. The van der Waals surface area contributed by atoms with Crippen LogP contribution in [0.1, 0.15) is 43.0 Å². The first kappa shape index (κ1) is 19.5. The molecule has 0 fully saturated rings. The number of amidine groups is 1. The maximum atomic E-state index is 9.21. The van der Waals surface area contributed by atoms with Crippen LogP contribution in [0.2, 0.25) is 0 Å². The number of nitrogens with two attached hydrogens (primary N) is 1. The summed E-state index contributed by atoms with van der Waals surface area (Å²) in [6, 6.07) is 15.3. The maximum absolute atomic E-state index is 9.21. The van der Waals surface area contributed by atoms with Crippen LogP contribution in [-0.4, -0.2) is 5.84 Å². The van der Waals surface area contributed by atoms with E-state index < -0.39 is 0 Å². The Morgan fingerprint density at radius 2 is 1.79 bits per heavy atom. The van der Waals surface area contributed by atoms with Crippen LogP contribution < -0.4 is 10.5 Å². The Hall–Kier alpha value is -2.51. The minimum atomic E-state index is -0.0641. The first-order chi connectivity index (χ1) is 10.8. The summed E-state index contributed by atoms with van der Waals surface area (Å²) in [6.07, 6.45) is 0. The predicted molar refractivity (Wildman–Crippen MR) is 98.9 cm³/mol. The molecule has 5 heteroatoms. The van der Waals surface area contributed by atoms with Crippen molar-refractivity contribution in [3.8, 4) is 11.8 Å². The quantitative estimate of drug-likeness (QED) is 0.646. The molecule has 0 amide bonds. The number of hydrogen-bond acceptors (Lipinski definition) is 3. The highest BCUT2D eigenvalue weighted by Gasteiger charge is 2.13. The van der Waals surface area contributed by atoms with Gasteiger partial charge < -0.3 is 10.5 Å². The molecule has 0 aliphatic heterocycles. The summed E-state index contributed by atoms with van der Waals surface area (Å²) in [7, 11) is 0. The van der Waals surface area contributed by atoms with Crippen molar-refractivity contribution < 1.29 is 4.74 Å². The van der Waals surface area contributed by atoms with E-state index in [0.717, 1.165) is 5.56 Å². The smallest absolute Gasteiger partial charge is 0.137 e. The number of ether oxygens (including phenoxy) is 1. The molecular formula is C19H22ClN3O. The summed E-state index contributed by atoms with van der Waals surface area (Å²) in [4.78, 5) is 0. The summed E-state index contributed by atoms with van der Waals surface area (Å²) in [6.45, 7) is 6.91. The number of hydrogen-bond donors (Lipinski definition) is 2. The second-order valence-electron chi connectivity index (χ2n) is 6.47. The van der Waals surface area contributed by atoms with Gasteiger partial charge in [-0.25, -0.2) is 0 Å². The summed E-state index contributed by atoms with van der Waals surface area (Å²) >= 11 is 0. The van der Waals surface area contributed by atoms with E-state index in [-0.39, 0.29) is 23.7 Å². The fourth-order valence-electron chi connectivity index (χ4n) is 2.17. The van der Waals surface area contributed by atoms with Crippen LogP contribution in [-0.2, 0) is 12.0 Å². The molecule has 0 aliphatic rings. The van der Waals surface area contributed by atoms with Crippen LogP contribution in [0.3, 0.4) is 0 Å². The van der Waals surface area contributed by atoms with Crippen molar-refractivity contribution in [3.63, 3.8) is 0 Å². The molecule has 2 aromatic rings. The van der Waals surface area contributed by atoms with E-state index in [1.54, 1.807) is 18.2 Å². The second kappa shape index (κ2) is 7.85. The molecule has 0 aliphatic carbocycles. The number of rotatable bonds is 4. The molecule has 3 N–H and O–H groups in total. The first-order valence-electron chi connectivity index (χ1n) is 7.42. The highest BCUT2D eigenvalue weighted by atomic mass is 35.5. The molecule has 0 spiro atoms.